The molecule has 0 atom stereocenters. The number of nitrogens with zero attached hydrogens (tertiary/aromatic N) is 4. The number of nitro groups is 1. The zero-order chi connectivity index (χ0) is 21.0. The average Bonchev–Trinajstić information content (AvgIpc) is 2.74. The van der Waals surface area contributed by atoms with Crippen LogP contribution in [0.2, 0.25) is 0 Å². The molecule has 0 unspecified atom stereocenters. The second-order valence-corrected chi connectivity index (χ2v) is 8.70. The third kappa shape index (κ3) is 4.35. The third-order valence-corrected chi connectivity index (χ3v) is 7.12. The first-order valence-corrected chi connectivity index (χ1v) is 11.2. The number of para-hydroxylation sites is 1. The number of likely N-dealkylation sites (N-methyl/N-ethyl adjacent to an activating group) is 1. The van der Waals surface area contributed by atoms with Crippen LogP contribution in [-0.4, -0.2) is 57.5 Å². The summed E-state index contributed by atoms with van der Waals surface area (Å²) in [5, 5.41) is 11.7. The van der Waals surface area contributed by atoms with Crippen molar-refractivity contribution < 1.29 is 13.3 Å². The maximum Gasteiger partial charge on any atom is 0.293 e. The Morgan fingerprint density at radius 2 is 1.69 bits per heavy atom. The van der Waals surface area contributed by atoms with Crippen LogP contribution in [0.1, 0.15) is 13.8 Å². The molecule has 3 rings (SSSR count). The average molecular weight is 419 g/mol. The maximum absolute atomic E-state index is 13.2. The molecule has 0 aliphatic carbocycles. The fourth-order valence-corrected chi connectivity index (χ4v) is 5.09. The number of hydrogen-bond donors (Lipinski definition) is 0. The standard InChI is InChI=1S/C20H26N4O4S/c1-3-21-12-14-22(15-13-21)19-11-10-18(16-20(19)24(25)26)29(27,28)23(4-2)17-8-6-5-7-9-17/h5-11,16H,3-4,12-15H2,1-2H3. The Bertz CT molecular complexity index is 958. The van der Waals surface area contributed by atoms with Crippen molar-refractivity contribution in [2.24, 2.45) is 0 Å². The summed E-state index contributed by atoms with van der Waals surface area (Å²) in [5.41, 5.74) is 0.810. The van der Waals surface area contributed by atoms with Crippen molar-refractivity contribution in [3.8, 4) is 0 Å². The number of piperazine rings is 1. The summed E-state index contributed by atoms with van der Waals surface area (Å²) in [5.74, 6) is 0. The van der Waals surface area contributed by atoms with Crippen LogP contribution in [0.15, 0.2) is 53.4 Å². The van der Waals surface area contributed by atoms with Crippen molar-refractivity contribution in [2.45, 2.75) is 18.7 Å². The lowest BCUT2D eigenvalue weighted by Gasteiger charge is -2.35. The number of sulfonamides is 1. The van der Waals surface area contributed by atoms with Gasteiger partial charge in [-0.05, 0) is 37.7 Å². The molecular formula is C20H26N4O4S. The second kappa shape index (κ2) is 8.79. The van der Waals surface area contributed by atoms with E-state index in [1.807, 2.05) is 11.0 Å². The zero-order valence-corrected chi connectivity index (χ0v) is 17.5. The van der Waals surface area contributed by atoms with E-state index in [4.69, 9.17) is 0 Å². The fourth-order valence-electron chi connectivity index (χ4n) is 3.60. The minimum atomic E-state index is -3.92. The monoisotopic (exact) mass is 418 g/mol. The molecule has 0 radical (unpaired) electrons. The van der Waals surface area contributed by atoms with Crippen molar-refractivity contribution in [1.29, 1.82) is 0 Å². The minimum absolute atomic E-state index is 0.0779. The highest BCUT2D eigenvalue weighted by atomic mass is 32.2. The molecule has 0 aromatic heterocycles. The van der Waals surface area contributed by atoms with Crippen LogP contribution in [0.3, 0.4) is 0 Å². The molecule has 0 spiro atoms. The summed E-state index contributed by atoms with van der Waals surface area (Å²) in [7, 11) is -3.92. The van der Waals surface area contributed by atoms with Gasteiger partial charge in [-0.25, -0.2) is 8.42 Å². The lowest BCUT2D eigenvalue weighted by molar-refractivity contribution is -0.384. The third-order valence-electron chi connectivity index (χ3n) is 5.22. The Hall–Kier alpha value is -2.65. The molecule has 156 valence electrons. The van der Waals surface area contributed by atoms with Gasteiger partial charge in [0.15, 0.2) is 0 Å². The lowest BCUT2D eigenvalue weighted by atomic mass is 10.2. The second-order valence-electron chi connectivity index (χ2n) is 6.83. The van der Waals surface area contributed by atoms with Crippen LogP contribution in [0, 0.1) is 10.1 Å². The summed E-state index contributed by atoms with van der Waals surface area (Å²) in [6.07, 6.45) is 0. The van der Waals surface area contributed by atoms with Gasteiger partial charge in [0.05, 0.1) is 15.5 Å². The van der Waals surface area contributed by atoms with E-state index in [9.17, 15) is 18.5 Å². The molecule has 0 N–H and O–H groups in total. The molecule has 9 heteroatoms. The van der Waals surface area contributed by atoms with E-state index in [-0.39, 0.29) is 17.1 Å². The van der Waals surface area contributed by atoms with Crippen molar-refractivity contribution in [3.63, 3.8) is 0 Å². The zero-order valence-electron chi connectivity index (χ0n) is 16.7. The molecule has 8 nitrogen and oxygen atoms in total. The van der Waals surface area contributed by atoms with E-state index in [1.54, 1.807) is 37.3 Å². The van der Waals surface area contributed by atoms with Crippen molar-refractivity contribution in [1.82, 2.24) is 4.90 Å². The van der Waals surface area contributed by atoms with Crippen LogP contribution in [0.4, 0.5) is 17.1 Å². The Morgan fingerprint density at radius 1 is 1.03 bits per heavy atom. The van der Waals surface area contributed by atoms with Crippen LogP contribution in [-0.2, 0) is 10.0 Å². The van der Waals surface area contributed by atoms with Gasteiger partial charge in [0, 0.05) is 38.8 Å². The van der Waals surface area contributed by atoms with Gasteiger partial charge < -0.3 is 9.80 Å². The molecule has 29 heavy (non-hydrogen) atoms. The van der Waals surface area contributed by atoms with E-state index < -0.39 is 14.9 Å². The molecule has 0 amide bonds. The highest BCUT2D eigenvalue weighted by Crippen LogP contribution is 2.33. The molecule has 0 saturated carbocycles. The summed E-state index contributed by atoms with van der Waals surface area (Å²) >= 11 is 0. The predicted octanol–water partition coefficient (Wildman–Crippen LogP) is 2.95. The normalized spacial score (nSPS) is 15.3. The number of benzene rings is 2. The maximum atomic E-state index is 13.2. The van der Waals surface area contributed by atoms with Gasteiger partial charge in [0.1, 0.15) is 5.69 Å². The predicted molar refractivity (Wildman–Crippen MR) is 114 cm³/mol. The number of rotatable bonds is 7. The van der Waals surface area contributed by atoms with Gasteiger partial charge in [-0.1, -0.05) is 25.1 Å². The molecule has 1 saturated heterocycles. The van der Waals surface area contributed by atoms with E-state index in [1.165, 1.54) is 16.4 Å². The van der Waals surface area contributed by atoms with Gasteiger partial charge in [-0.3, -0.25) is 14.4 Å². The summed E-state index contributed by atoms with van der Waals surface area (Å²) in [4.78, 5) is 15.4. The Labute approximate surface area is 171 Å². The van der Waals surface area contributed by atoms with Gasteiger partial charge in [-0.2, -0.15) is 0 Å². The molecule has 2 aromatic carbocycles. The van der Waals surface area contributed by atoms with Gasteiger partial charge in [0.2, 0.25) is 0 Å². The SMILES string of the molecule is CCN1CCN(c2ccc(S(=O)(=O)N(CC)c3ccccc3)cc2[N+](=O)[O-])CC1. The molecular weight excluding hydrogens is 392 g/mol. The van der Waals surface area contributed by atoms with Gasteiger partial charge in [0.25, 0.3) is 15.7 Å². The van der Waals surface area contributed by atoms with E-state index in [2.05, 4.69) is 11.8 Å². The van der Waals surface area contributed by atoms with Gasteiger partial charge >= 0.3 is 0 Å². The van der Waals surface area contributed by atoms with Crippen molar-refractivity contribution in [3.05, 3.63) is 58.6 Å². The van der Waals surface area contributed by atoms with Gasteiger partial charge in [-0.15, -0.1) is 0 Å². The first-order valence-electron chi connectivity index (χ1n) is 9.72. The molecule has 1 heterocycles. The highest BCUT2D eigenvalue weighted by Gasteiger charge is 2.29. The summed E-state index contributed by atoms with van der Waals surface area (Å²) in [6, 6.07) is 12.9. The van der Waals surface area contributed by atoms with Crippen molar-refractivity contribution >= 4 is 27.1 Å². The molecule has 2 aromatic rings. The fraction of sp³-hybridized carbons (Fsp3) is 0.400. The smallest absolute Gasteiger partial charge is 0.293 e. The van der Waals surface area contributed by atoms with E-state index >= 15 is 0 Å². The lowest BCUT2D eigenvalue weighted by Crippen LogP contribution is -2.46. The molecule has 0 bridgehead atoms. The van der Waals surface area contributed by atoms with Crippen LogP contribution in [0.5, 0.6) is 0 Å². The molecule has 1 aliphatic heterocycles. The summed E-state index contributed by atoms with van der Waals surface area (Å²) < 4.78 is 27.6. The topological polar surface area (TPSA) is 87.0 Å². The molecule has 1 fully saturated rings. The number of anilines is 2. The van der Waals surface area contributed by atoms with Crippen molar-refractivity contribution in [2.75, 3.05) is 48.5 Å². The number of nitro benzene ring substituents is 1. The summed E-state index contributed by atoms with van der Waals surface area (Å²) in [6.45, 7) is 7.99. The molecule has 1 aliphatic rings. The van der Waals surface area contributed by atoms with Crippen LogP contribution in [0.25, 0.3) is 0 Å². The minimum Gasteiger partial charge on any atom is -0.363 e. The highest BCUT2D eigenvalue weighted by molar-refractivity contribution is 7.92. The number of hydrogen-bond acceptors (Lipinski definition) is 6. The largest absolute Gasteiger partial charge is 0.363 e. The van der Waals surface area contributed by atoms with Crippen LogP contribution < -0.4 is 9.21 Å². The Kier molecular flexibility index (Phi) is 6.39. The quantitative estimate of drug-likeness (QED) is 0.508. The van der Waals surface area contributed by atoms with E-state index in [0.29, 0.717) is 24.5 Å². The Balaban J connectivity index is 1.96. The van der Waals surface area contributed by atoms with E-state index in [0.717, 1.165) is 19.6 Å². The first-order chi connectivity index (χ1) is 13.9. The van der Waals surface area contributed by atoms with Crippen LogP contribution >= 0.6 is 0 Å². The Morgan fingerprint density at radius 3 is 2.24 bits per heavy atom. The first kappa shape index (κ1) is 21.1.